The molecule has 0 bridgehead atoms. The van der Waals surface area contributed by atoms with Crippen molar-refractivity contribution in [2.45, 2.75) is 32.3 Å². The zero-order chi connectivity index (χ0) is 19.4. The predicted octanol–water partition coefficient (Wildman–Crippen LogP) is 6.58. The van der Waals surface area contributed by atoms with Gasteiger partial charge in [0, 0.05) is 6.61 Å². The summed E-state index contributed by atoms with van der Waals surface area (Å²) < 4.78 is 16.7. The van der Waals surface area contributed by atoms with E-state index in [0.717, 1.165) is 44.2 Å². The van der Waals surface area contributed by atoms with Crippen molar-refractivity contribution in [3.05, 3.63) is 70.9 Å². The minimum Gasteiger partial charge on any atom is -0.497 e. The number of hydrogen-bond donors (Lipinski definition) is 0. The molecule has 2 aromatic carbocycles. The second-order valence-electron chi connectivity index (χ2n) is 6.70. The lowest BCUT2D eigenvalue weighted by atomic mass is 10.1. The highest BCUT2D eigenvalue weighted by atomic mass is 32.1. The van der Waals surface area contributed by atoms with Gasteiger partial charge in [0.2, 0.25) is 0 Å². The molecule has 0 aliphatic carbocycles. The van der Waals surface area contributed by atoms with Crippen LogP contribution < -0.4 is 9.47 Å². The van der Waals surface area contributed by atoms with Crippen molar-refractivity contribution in [3.63, 3.8) is 0 Å². The van der Waals surface area contributed by atoms with Crippen LogP contribution in [0.15, 0.2) is 65.4 Å². The lowest BCUT2D eigenvalue weighted by Crippen LogP contribution is -1.98. The maximum atomic E-state index is 5.86. The van der Waals surface area contributed by atoms with Gasteiger partial charge in [0.15, 0.2) is 0 Å². The number of benzene rings is 2. The molecule has 0 aliphatic heterocycles. The number of thiophene rings is 1. The van der Waals surface area contributed by atoms with Gasteiger partial charge in [-0.3, -0.25) is 0 Å². The molecule has 1 heterocycles. The van der Waals surface area contributed by atoms with Crippen LogP contribution in [-0.2, 0) is 11.3 Å². The summed E-state index contributed by atoms with van der Waals surface area (Å²) in [6.45, 7) is 2.33. The zero-order valence-electron chi connectivity index (χ0n) is 16.4. The molecule has 0 spiro atoms. The van der Waals surface area contributed by atoms with E-state index in [1.807, 2.05) is 24.3 Å². The van der Waals surface area contributed by atoms with Gasteiger partial charge in [-0.15, -0.1) is 0 Å². The molecule has 0 atom stereocenters. The van der Waals surface area contributed by atoms with Crippen molar-refractivity contribution in [1.29, 1.82) is 0 Å². The lowest BCUT2D eigenvalue weighted by Gasteiger charge is -2.08. The standard InChI is InChI=1S/C24H28O3S/c1-25-23-10-6-21(7-11-23)22-8-12-24(13-9-22)27-16-5-3-2-4-15-26-18-20-14-17-28-19-20/h6-14,17,19H,2-5,15-16,18H2,1H3. The van der Waals surface area contributed by atoms with Gasteiger partial charge in [-0.25, -0.2) is 0 Å². The topological polar surface area (TPSA) is 27.7 Å². The van der Waals surface area contributed by atoms with Crippen LogP contribution >= 0.6 is 11.3 Å². The minimum atomic E-state index is 0.735. The first-order valence-corrected chi connectivity index (χ1v) is 10.8. The third-order valence-electron chi connectivity index (χ3n) is 4.58. The number of methoxy groups -OCH3 is 1. The Bertz CT molecular complexity index is 780. The molecule has 0 radical (unpaired) electrons. The summed E-state index contributed by atoms with van der Waals surface area (Å²) >= 11 is 1.72. The summed E-state index contributed by atoms with van der Waals surface area (Å²) in [7, 11) is 1.68. The predicted molar refractivity (Wildman–Crippen MR) is 116 cm³/mol. The van der Waals surface area contributed by atoms with E-state index in [1.165, 1.54) is 29.5 Å². The molecule has 3 nitrogen and oxygen atoms in total. The minimum absolute atomic E-state index is 0.735. The highest BCUT2D eigenvalue weighted by molar-refractivity contribution is 7.07. The Morgan fingerprint density at radius 2 is 1.36 bits per heavy atom. The molecule has 0 amide bonds. The molecular weight excluding hydrogens is 368 g/mol. The first kappa shape index (κ1) is 20.4. The maximum Gasteiger partial charge on any atom is 0.119 e. The van der Waals surface area contributed by atoms with Crippen molar-refractivity contribution in [2.24, 2.45) is 0 Å². The van der Waals surface area contributed by atoms with Crippen LogP contribution in [0.25, 0.3) is 11.1 Å². The van der Waals surface area contributed by atoms with Crippen LogP contribution in [0.5, 0.6) is 11.5 Å². The molecule has 4 heteroatoms. The molecule has 0 saturated heterocycles. The molecule has 28 heavy (non-hydrogen) atoms. The molecule has 0 saturated carbocycles. The van der Waals surface area contributed by atoms with E-state index in [9.17, 15) is 0 Å². The SMILES string of the molecule is COc1ccc(-c2ccc(OCCCCCCOCc3ccsc3)cc2)cc1. The van der Waals surface area contributed by atoms with Gasteiger partial charge in [-0.1, -0.05) is 30.7 Å². The monoisotopic (exact) mass is 396 g/mol. The fourth-order valence-electron chi connectivity index (χ4n) is 2.94. The molecule has 3 rings (SSSR count). The van der Waals surface area contributed by atoms with Gasteiger partial charge in [-0.05, 0) is 77.0 Å². The number of hydrogen-bond acceptors (Lipinski definition) is 4. The molecule has 3 aromatic rings. The van der Waals surface area contributed by atoms with E-state index in [1.54, 1.807) is 18.4 Å². The molecule has 148 valence electrons. The first-order valence-electron chi connectivity index (χ1n) is 9.81. The zero-order valence-corrected chi connectivity index (χ0v) is 17.3. The first-order chi connectivity index (χ1) is 13.8. The van der Waals surface area contributed by atoms with E-state index in [2.05, 4.69) is 41.1 Å². The summed E-state index contributed by atoms with van der Waals surface area (Å²) in [4.78, 5) is 0. The maximum absolute atomic E-state index is 5.86. The average Bonchev–Trinajstić information content (AvgIpc) is 3.27. The average molecular weight is 397 g/mol. The molecule has 0 unspecified atom stereocenters. The van der Waals surface area contributed by atoms with Gasteiger partial charge in [-0.2, -0.15) is 11.3 Å². The van der Waals surface area contributed by atoms with Gasteiger partial charge < -0.3 is 14.2 Å². The smallest absolute Gasteiger partial charge is 0.119 e. The van der Waals surface area contributed by atoms with Crippen LogP contribution in [0.3, 0.4) is 0 Å². The summed E-state index contributed by atoms with van der Waals surface area (Å²) in [6.07, 6.45) is 4.54. The van der Waals surface area contributed by atoms with E-state index in [0.29, 0.717) is 0 Å². The second-order valence-corrected chi connectivity index (χ2v) is 7.48. The van der Waals surface area contributed by atoms with E-state index in [-0.39, 0.29) is 0 Å². The summed E-state index contributed by atoms with van der Waals surface area (Å²) in [5.74, 6) is 1.80. The normalized spacial score (nSPS) is 10.8. The van der Waals surface area contributed by atoms with Crippen LogP contribution in [0.1, 0.15) is 31.2 Å². The van der Waals surface area contributed by atoms with Crippen LogP contribution in [0.4, 0.5) is 0 Å². The Morgan fingerprint density at radius 1 is 0.714 bits per heavy atom. The van der Waals surface area contributed by atoms with Crippen molar-refractivity contribution in [2.75, 3.05) is 20.3 Å². The molecule has 0 aliphatic rings. The van der Waals surface area contributed by atoms with Crippen molar-refractivity contribution >= 4 is 11.3 Å². The van der Waals surface area contributed by atoms with Gasteiger partial charge in [0.05, 0.1) is 20.3 Å². The highest BCUT2D eigenvalue weighted by Gasteiger charge is 2.00. The van der Waals surface area contributed by atoms with Crippen LogP contribution in [0, 0.1) is 0 Å². The highest BCUT2D eigenvalue weighted by Crippen LogP contribution is 2.24. The Labute approximate surface area is 171 Å². The second kappa shape index (κ2) is 11.5. The number of ether oxygens (including phenoxy) is 3. The fourth-order valence-corrected chi connectivity index (χ4v) is 3.59. The quantitative estimate of drug-likeness (QED) is 0.324. The number of unbranched alkanes of at least 4 members (excludes halogenated alkanes) is 3. The molecule has 0 N–H and O–H groups in total. The summed E-state index contributed by atoms with van der Waals surface area (Å²) in [5.41, 5.74) is 3.63. The largest absolute Gasteiger partial charge is 0.497 e. The lowest BCUT2D eigenvalue weighted by molar-refractivity contribution is 0.116. The molecular formula is C24H28O3S. The Hall–Kier alpha value is -2.30. The molecule has 0 fully saturated rings. The van der Waals surface area contributed by atoms with E-state index < -0.39 is 0 Å². The third-order valence-corrected chi connectivity index (χ3v) is 5.31. The van der Waals surface area contributed by atoms with E-state index >= 15 is 0 Å². The number of rotatable bonds is 12. The van der Waals surface area contributed by atoms with Crippen molar-refractivity contribution < 1.29 is 14.2 Å². The van der Waals surface area contributed by atoms with Crippen molar-refractivity contribution in [3.8, 4) is 22.6 Å². The van der Waals surface area contributed by atoms with Gasteiger partial charge >= 0.3 is 0 Å². The van der Waals surface area contributed by atoms with Gasteiger partial charge in [0.25, 0.3) is 0 Å². The summed E-state index contributed by atoms with van der Waals surface area (Å²) in [6, 6.07) is 18.5. The van der Waals surface area contributed by atoms with Crippen LogP contribution in [-0.4, -0.2) is 20.3 Å². The van der Waals surface area contributed by atoms with Gasteiger partial charge in [0.1, 0.15) is 11.5 Å². The van der Waals surface area contributed by atoms with Crippen LogP contribution in [0.2, 0.25) is 0 Å². The van der Waals surface area contributed by atoms with E-state index in [4.69, 9.17) is 14.2 Å². The molecule has 1 aromatic heterocycles. The van der Waals surface area contributed by atoms with Crippen molar-refractivity contribution in [1.82, 2.24) is 0 Å². The Balaban J connectivity index is 1.26. The Kier molecular flexibility index (Phi) is 8.41. The third kappa shape index (κ3) is 6.70. The summed E-state index contributed by atoms with van der Waals surface area (Å²) in [5, 5.41) is 4.23. The Morgan fingerprint density at radius 3 is 1.96 bits per heavy atom. The fraction of sp³-hybridized carbons (Fsp3) is 0.333.